The SMILES string of the molecule is O=C(N[C@@H]1CCN2C(=O)N(c3ccc(-n4ccccc4=O)cc3)C[C@H]12)c1ccc(Cl)cc1. The minimum Gasteiger partial charge on any atom is -0.347 e. The number of hydrogen-bond donors (Lipinski definition) is 1. The molecule has 2 aromatic carbocycles. The number of nitrogens with one attached hydrogen (secondary N) is 1. The Hall–Kier alpha value is -3.58. The highest BCUT2D eigenvalue weighted by Crippen LogP contribution is 2.31. The molecule has 5 rings (SSSR count). The average Bonchev–Trinajstić information content (AvgIpc) is 3.35. The molecule has 0 spiro atoms. The van der Waals surface area contributed by atoms with Crippen LogP contribution in [-0.2, 0) is 0 Å². The Morgan fingerprint density at radius 2 is 1.66 bits per heavy atom. The number of halogens is 1. The number of carbonyl (C=O) groups is 2. The van der Waals surface area contributed by atoms with Crippen molar-refractivity contribution in [2.75, 3.05) is 18.0 Å². The van der Waals surface area contributed by atoms with Gasteiger partial charge in [0.1, 0.15) is 0 Å². The molecule has 0 saturated carbocycles. The van der Waals surface area contributed by atoms with Gasteiger partial charge in [-0.2, -0.15) is 0 Å². The molecule has 3 aromatic rings. The number of fused-ring (bicyclic) bond motifs is 1. The van der Waals surface area contributed by atoms with Crippen molar-refractivity contribution < 1.29 is 9.59 Å². The first-order valence-electron chi connectivity index (χ1n) is 10.4. The van der Waals surface area contributed by atoms with Gasteiger partial charge in [-0.1, -0.05) is 17.7 Å². The lowest BCUT2D eigenvalue weighted by atomic mass is 10.1. The van der Waals surface area contributed by atoms with Crippen molar-refractivity contribution in [3.8, 4) is 5.69 Å². The molecule has 0 bridgehead atoms. The fraction of sp³-hybridized carbons (Fsp3) is 0.208. The monoisotopic (exact) mass is 448 g/mol. The number of nitrogens with zero attached hydrogens (tertiary/aromatic N) is 3. The van der Waals surface area contributed by atoms with E-state index in [0.717, 1.165) is 17.8 Å². The molecule has 2 atom stereocenters. The minimum atomic E-state index is -0.169. The van der Waals surface area contributed by atoms with Crippen molar-refractivity contribution in [3.63, 3.8) is 0 Å². The van der Waals surface area contributed by atoms with E-state index in [0.29, 0.717) is 23.7 Å². The maximum Gasteiger partial charge on any atom is 0.324 e. The number of pyridine rings is 1. The summed E-state index contributed by atoms with van der Waals surface area (Å²) in [6.45, 7) is 1.10. The summed E-state index contributed by atoms with van der Waals surface area (Å²) in [6, 6.07) is 18.8. The fourth-order valence-corrected chi connectivity index (χ4v) is 4.53. The van der Waals surface area contributed by atoms with Gasteiger partial charge in [0.25, 0.3) is 11.5 Å². The second-order valence-corrected chi connectivity index (χ2v) is 8.39. The third-order valence-corrected chi connectivity index (χ3v) is 6.33. The summed E-state index contributed by atoms with van der Waals surface area (Å²) in [5, 5.41) is 3.65. The number of aromatic nitrogens is 1. The normalized spacial score (nSPS) is 19.8. The van der Waals surface area contributed by atoms with Gasteiger partial charge >= 0.3 is 6.03 Å². The summed E-state index contributed by atoms with van der Waals surface area (Å²) >= 11 is 5.90. The van der Waals surface area contributed by atoms with Crippen molar-refractivity contribution >= 4 is 29.2 Å². The average molecular weight is 449 g/mol. The van der Waals surface area contributed by atoms with Gasteiger partial charge in [0, 0.05) is 40.8 Å². The van der Waals surface area contributed by atoms with Crippen LogP contribution >= 0.6 is 11.6 Å². The molecule has 0 unspecified atom stereocenters. The lowest BCUT2D eigenvalue weighted by Crippen LogP contribution is -2.44. The predicted molar refractivity (Wildman–Crippen MR) is 123 cm³/mol. The molecular weight excluding hydrogens is 428 g/mol. The molecular formula is C24H21ClN4O3. The van der Waals surface area contributed by atoms with E-state index in [2.05, 4.69) is 5.32 Å². The highest BCUT2D eigenvalue weighted by molar-refractivity contribution is 6.30. The lowest BCUT2D eigenvalue weighted by Gasteiger charge is -2.20. The summed E-state index contributed by atoms with van der Waals surface area (Å²) in [5.41, 5.74) is 1.93. The topological polar surface area (TPSA) is 74.7 Å². The summed E-state index contributed by atoms with van der Waals surface area (Å²) < 4.78 is 1.55. The van der Waals surface area contributed by atoms with Gasteiger partial charge in [-0.3, -0.25) is 19.1 Å². The zero-order chi connectivity index (χ0) is 22.2. The van der Waals surface area contributed by atoms with Crippen LogP contribution in [-0.4, -0.2) is 46.6 Å². The number of carbonyl (C=O) groups excluding carboxylic acids is 2. The van der Waals surface area contributed by atoms with Crippen LogP contribution in [0.4, 0.5) is 10.5 Å². The second kappa shape index (κ2) is 8.16. The zero-order valence-corrected chi connectivity index (χ0v) is 17.9. The van der Waals surface area contributed by atoms with Gasteiger partial charge in [-0.15, -0.1) is 0 Å². The van der Waals surface area contributed by atoms with Crippen LogP contribution in [0.15, 0.2) is 77.7 Å². The van der Waals surface area contributed by atoms with Crippen LogP contribution < -0.4 is 15.8 Å². The Morgan fingerprint density at radius 3 is 2.38 bits per heavy atom. The number of rotatable bonds is 4. The molecule has 1 N–H and O–H groups in total. The Balaban J connectivity index is 1.30. The maximum atomic E-state index is 13.0. The summed E-state index contributed by atoms with van der Waals surface area (Å²) in [4.78, 5) is 41.2. The van der Waals surface area contributed by atoms with Crippen LogP contribution in [0.25, 0.3) is 5.69 Å². The van der Waals surface area contributed by atoms with Crippen LogP contribution in [0.2, 0.25) is 5.02 Å². The Bertz CT molecular complexity index is 1220. The number of hydrogen-bond acceptors (Lipinski definition) is 3. The number of benzene rings is 2. The number of anilines is 1. The standard InChI is InChI=1S/C24H21ClN4O3/c25-17-6-4-16(5-7-17)23(31)26-20-12-14-28-21(20)15-29(24(28)32)19-10-8-18(9-11-19)27-13-2-1-3-22(27)30/h1-11,13,20-21H,12,14-15H2,(H,26,31)/t20-,21-/m1/s1. The van der Waals surface area contributed by atoms with Crippen LogP contribution in [0.3, 0.4) is 0 Å². The molecule has 1 aromatic heterocycles. The van der Waals surface area contributed by atoms with E-state index >= 15 is 0 Å². The highest BCUT2D eigenvalue weighted by Gasteiger charge is 2.46. The molecule has 2 aliphatic heterocycles. The first kappa shape index (κ1) is 20.3. The third-order valence-electron chi connectivity index (χ3n) is 6.08. The van der Waals surface area contributed by atoms with Crippen molar-refractivity contribution in [2.24, 2.45) is 0 Å². The van der Waals surface area contributed by atoms with Crippen LogP contribution in [0.1, 0.15) is 16.8 Å². The smallest absolute Gasteiger partial charge is 0.324 e. The van der Waals surface area contributed by atoms with Gasteiger partial charge in [0.2, 0.25) is 0 Å². The molecule has 32 heavy (non-hydrogen) atoms. The van der Waals surface area contributed by atoms with Crippen molar-refractivity contribution in [2.45, 2.75) is 18.5 Å². The first-order valence-corrected chi connectivity index (χ1v) is 10.8. The molecule has 3 heterocycles. The fourth-order valence-electron chi connectivity index (χ4n) is 4.41. The molecule has 2 fully saturated rings. The summed E-state index contributed by atoms with van der Waals surface area (Å²) in [7, 11) is 0. The van der Waals surface area contributed by atoms with Crippen molar-refractivity contribution in [1.82, 2.24) is 14.8 Å². The molecule has 2 aliphatic rings. The van der Waals surface area contributed by atoms with E-state index < -0.39 is 0 Å². The Kier molecular flexibility index (Phi) is 5.19. The van der Waals surface area contributed by atoms with E-state index in [9.17, 15) is 14.4 Å². The van der Waals surface area contributed by atoms with E-state index in [1.165, 1.54) is 6.07 Å². The summed E-state index contributed by atoms with van der Waals surface area (Å²) in [6.07, 6.45) is 2.43. The van der Waals surface area contributed by atoms with E-state index in [4.69, 9.17) is 11.6 Å². The third kappa shape index (κ3) is 3.65. The predicted octanol–water partition coefficient (Wildman–Crippen LogP) is 3.30. The quantitative estimate of drug-likeness (QED) is 0.665. The molecule has 0 aliphatic carbocycles. The van der Waals surface area contributed by atoms with Gasteiger partial charge in [0.15, 0.2) is 0 Å². The largest absolute Gasteiger partial charge is 0.347 e. The minimum absolute atomic E-state index is 0.0668. The van der Waals surface area contributed by atoms with Crippen molar-refractivity contribution in [3.05, 3.63) is 93.9 Å². The molecule has 2 saturated heterocycles. The van der Waals surface area contributed by atoms with Gasteiger partial charge in [-0.05, 0) is 61.0 Å². The Morgan fingerprint density at radius 1 is 0.938 bits per heavy atom. The number of amides is 3. The van der Waals surface area contributed by atoms with E-state index in [1.54, 1.807) is 52.1 Å². The van der Waals surface area contributed by atoms with Gasteiger partial charge in [0.05, 0.1) is 18.6 Å². The molecule has 8 heteroatoms. The first-order chi connectivity index (χ1) is 15.5. The number of urea groups is 1. The zero-order valence-electron chi connectivity index (χ0n) is 17.1. The summed E-state index contributed by atoms with van der Waals surface area (Å²) in [5.74, 6) is -0.169. The maximum absolute atomic E-state index is 13.0. The molecule has 3 amide bonds. The van der Waals surface area contributed by atoms with Gasteiger partial charge < -0.3 is 10.2 Å². The van der Waals surface area contributed by atoms with E-state index in [-0.39, 0.29) is 29.6 Å². The van der Waals surface area contributed by atoms with E-state index in [1.807, 2.05) is 29.2 Å². The van der Waals surface area contributed by atoms with Crippen molar-refractivity contribution in [1.29, 1.82) is 0 Å². The Labute approximate surface area is 189 Å². The molecule has 7 nitrogen and oxygen atoms in total. The van der Waals surface area contributed by atoms with Crippen LogP contribution in [0, 0.1) is 0 Å². The highest BCUT2D eigenvalue weighted by atomic mass is 35.5. The molecule has 162 valence electrons. The second-order valence-electron chi connectivity index (χ2n) is 7.95. The van der Waals surface area contributed by atoms with Crippen LogP contribution in [0.5, 0.6) is 0 Å². The lowest BCUT2D eigenvalue weighted by molar-refractivity contribution is 0.0931. The molecule has 0 radical (unpaired) electrons. The van der Waals surface area contributed by atoms with Gasteiger partial charge in [-0.25, -0.2) is 4.79 Å².